The third kappa shape index (κ3) is 3.94. The fraction of sp³-hybridized carbons (Fsp3) is 0. The monoisotopic (exact) mass is 563 g/mol. The van der Waals surface area contributed by atoms with Crippen LogP contribution >= 0.6 is 0 Å². The highest BCUT2D eigenvalue weighted by molar-refractivity contribution is 6.10. The van der Waals surface area contributed by atoms with Crippen LogP contribution in [0.5, 0.6) is 0 Å². The van der Waals surface area contributed by atoms with Crippen LogP contribution in [-0.2, 0) is 0 Å². The van der Waals surface area contributed by atoms with Gasteiger partial charge >= 0.3 is 0 Å². The molecule has 3 aromatic heterocycles. The number of furan rings is 2. The van der Waals surface area contributed by atoms with Gasteiger partial charge in [0.05, 0.1) is 0 Å². The van der Waals surface area contributed by atoms with Gasteiger partial charge in [-0.05, 0) is 40.5 Å². The fourth-order valence-electron chi connectivity index (χ4n) is 6.39. The Balaban J connectivity index is 1.03. The van der Waals surface area contributed by atoms with Gasteiger partial charge in [0.2, 0.25) is 0 Å². The first-order valence-electron chi connectivity index (χ1n) is 14.8. The topological polar surface area (TPSA) is 39.2 Å². The summed E-state index contributed by atoms with van der Waals surface area (Å²) in [4.78, 5) is 4.60. The van der Waals surface area contributed by atoms with E-state index in [1.807, 2.05) is 36.7 Å². The second kappa shape index (κ2) is 9.82. The Morgan fingerprint density at radius 3 is 1.23 bits per heavy atom. The zero-order valence-corrected chi connectivity index (χ0v) is 23.7. The van der Waals surface area contributed by atoms with Crippen molar-refractivity contribution in [3.8, 4) is 44.5 Å². The molecule has 44 heavy (non-hydrogen) atoms. The molecule has 0 saturated heterocycles. The van der Waals surface area contributed by atoms with Crippen molar-refractivity contribution in [2.75, 3.05) is 0 Å². The van der Waals surface area contributed by atoms with Crippen LogP contribution in [-0.4, -0.2) is 4.98 Å². The molecule has 9 aromatic rings. The van der Waals surface area contributed by atoms with Crippen molar-refractivity contribution in [2.24, 2.45) is 0 Å². The van der Waals surface area contributed by atoms with Crippen molar-refractivity contribution in [2.45, 2.75) is 0 Å². The molecule has 0 atom stereocenters. The quantitative estimate of drug-likeness (QED) is 0.214. The minimum Gasteiger partial charge on any atom is -0.455 e. The summed E-state index contributed by atoms with van der Waals surface area (Å²) in [7, 11) is 0. The van der Waals surface area contributed by atoms with Gasteiger partial charge in [0.15, 0.2) is 0 Å². The molecular weight excluding hydrogens is 538 g/mol. The molecule has 9 rings (SSSR count). The molecule has 0 radical (unpaired) electrons. The SMILES string of the molecule is c1ccc2c(c1)oc1c(-c3ccc(-c4cncc(-c5ccc(-c6cccc7c6oc6ccccc67)cc5)c4)cc3)cccc12. The second-order valence-electron chi connectivity index (χ2n) is 11.2. The number of nitrogens with zero attached hydrogens (tertiary/aromatic N) is 1. The number of para-hydroxylation sites is 4. The predicted octanol–water partition coefficient (Wildman–Crippen LogP) is 11.5. The van der Waals surface area contributed by atoms with E-state index in [9.17, 15) is 0 Å². The second-order valence-corrected chi connectivity index (χ2v) is 11.2. The molecule has 3 heterocycles. The Bertz CT molecular complexity index is 2310. The molecule has 0 N–H and O–H groups in total. The molecule has 0 unspecified atom stereocenters. The smallest absolute Gasteiger partial charge is 0.143 e. The van der Waals surface area contributed by atoms with Gasteiger partial charge in [-0.25, -0.2) is 0 Å². The number of hydrogen-bond donors (Lipinski definition) is 0. The van der Waals surface area contributed by atoms with Gasteiger partial charge in [-0.1, -0.05) is 121 Å². The number of aromatic nitrogens is 1. The molecule has 0 fully saturated rings. The zero-order chi connectivity index (χ0) is 29.0. The maximum absolute atomic E-state index is 6.27. The van der Waals surface area contributed by atoms with Gasteiger partial charge in [0.1, 0.15) is 22.3 Å². The predicted molar refractivity (Wildman–Crippen MR) is 181 cm³/mol. The first-order chi connectivity index (χ1) is 21.8. The van der Waals surface area contributed by atoms with Crippen LogP contribution < -0.4 is 0 Å². The van der Waals surface area contributed by atoms with Gasteiger partial charge in [-0.3, -0.25) is 4.98 Å². The van der Waals surface area contributed by atoms with E-state index in [0.717, 1.165) is 88.4 Å². The van der Waals surface area contributed by atoms with Gasteiger partial charge in [-0.15, -0.1) is 0 Å². The van der Waals surface area contributed by atoms with Crippen molar-refractivity contribution in [1.29, 1.82) is 0 Å². The summed E-state index contributed by atoms with van der Waals surface area (Å²) >= 11 is 0. The molecule has 0 bridgehead atoms. The van der Waals surface area contributed by atoms with Crippen LogP contribution in [0.1, 0.15) is 0 Å². The van der Waals surface area contributed by atoms with Gasteiger partial charge in [0, 0.05) is 56.2 Å². The number of fused-ring (bicyclic) bond motifs is 6. The molecule has 0 aliphatic rings. The molecule has 6 aromatic carbocycles. The summed E-state index contributed by atoms with van der Waals surface area (Å²) in [6.07, 6.45) is 3.85. The van der Waals surface area contributed by atoms with E-state index in [1.165, 1.54) is 0 Å². The van der Waals surface area contributed by atoms with Crippen LogP contribution in [0.15, 0.2) is 161 Å². The van der Waals surface area contributed by atoms with E-state index < -0.39 is 0 Å². The molecule has 206 valence electrons. The maximum atomic E-state index is 6.27. The maximum Gasteiger partial charge on any atom is 0.143 e. The fourth-order valence-corrected chi connectivity index (χ4v) is 6.39. The first kappa shape index (κ1) is 24.6. The molecule has 0 amide bonds. The first-order valence-corrected chi connectivity index (χ1v) is 14.8. The normalized spacial score (nSPS) is 11.6. The van der Waals surface area contributed by atoms with Crippen LogP contribution in [0.25, 0.3) is 88.4 Å². The summed E-state index contributed by atoms with van der Waals surface area (Å²) in [5.41, 5.74) is 12.5. The summed E-state index contributed by atoms with van der Waals surface area (Å²) in [6, 6.07) is 48.6. The van der Waals surface area contributed by atoms with Gasteiger partial charge in [0.25, 0.3) is 0 Å². The average molecular weight is 564 g/mol. The lowest BCUT2D eigenvalue weighted by Crippen LogP contribution is -1.86. The number of pyridine rings is 1. The van der Waals surface area contributed by atoms with Crippen molar-refractivity contribution in [3.05, 3.63) is 152 Å². The lowest BCUT2D eigenvalue weighted by Gasteiger charge is -2.09. The van der Waals surface area contributed by atoms with E-state index in [2.05, 4.69) is 120 Å². The highest BCUT2D eigenvalue weighted by Crippen LogP contribution is 2.38. The highest BCUT2D eigenvalue weighted by atomic mass is 16.3. The zero-order valence-electron chi connectivity index (χ0n) is 23.7. The molecule has 3 heteroatoms. The third-order valence-corrected chi connectivity index (χ3v) is 8.61. The Labute approximate surface area is 253 Å². The van der Waals surface area contributed by atoms with Crippen molar-refractivity contribution >= 4 is 43.9 Å². The Hall–Kier alpha value is -5.93. The molecule has 0 aliphatic carbocycles. The number of benzene rings is 6. The van der Waals surface area contributed by atoms with Crippen molar-refractivity contribution in [3.63, 3.8) is 0 Å². The van der Waals surface area contributed by atoms with E-state index in [0.29, 0.717) is 0 Å². The van der Waals surface area contributed by atoms with Crippen LogP contribution in [0.3, 0.4) is 0 Å². The lowest BCUT2D eigenvalue weighted by molar-refractivity contribution is 0.669. The minimum atomic E-state index is 0.911. The molecule has 0 spiro atoms. The van der Waals surface area contributed by atoms with E-state index in [-0.39, 0.29) is 0 Å². The Morgan fingerprint density at radius 1 is 0.341 bits per heavy atom. The van der Waals surface area contributed by atoms with E-state index >= 15 is 0 Å². The summed E-state index contributed by atoms with van der Waals surface area (Å²) in [5, 5.41) is 4.56. The van der Waals surface area contributed by atoms with Gasteiger partial charge < -0.3 is 8.83 Å². The Morgan fingerprint density at radius 2 is 0.750 bits per heavy atom. The van der Waals surface area contributed by atoms with Crippen LogP contribution in [0.4, 0.5) is 0 Å². The molecular formula is C41H25NO2. The standard InChI is InChI=1S/C41H25NO2/c1-3-13-38-34(7-1)36-11-5-9-32(40(36)43-38)28-19-15-26(16-20-28)30-23-31(25-42-24-30)27-17-21-29(22-18-27)33-10-6-12-37-35-8-2-4-14-39(35)44-41(33)37/h1-25H. The largest absolute Gasteiger partial charge is 0.455 e. The summed E-state index contributed by atoms with van der Waals surface area (Å²) in [5.74, 6) is 0. The molecule has 0 saturated carbocycles. The average Bonchev–Trinajstić information content (AvgIpc) is 3.67. The van der Waals surface area contributed by atoms with Crippen molar-refractivity contribution < 1.29 is 8.83 Å². The van der Waals surface area contributed by atoms with Crippen molar-refractivity contribution in [1.82, 2.24) is 4.98 Å². The van der Waals surface area contributed by atoms with Gasteiger partial charge in [-0.2, -0.15) is 0 Å². The Kier molecular flexibility index (Phi) is 5.50. The highest BCUT2D eigenvalue weighted by Gasteiger charge is 2.14. The number of hydrogen-bond acceptors (Lipinski definition) is 3. The van der Waals surface area contributed by atoms with E-state index in [4.69, 9.17) is 8.83 Å². The van der Waals surface area contributed by atoms with E-state index in [1.54, 1.807) is 0 Å². The summed E-state index contributed by atoms with van der Waals surface area (Å²) < 4.78 is 12.5. The lowest BCUT2D eigenvalue weighted by atomic mass is 9.97. The molecule has 3 nitrogen and oxygen atoms in total. The minimum absolute atomic E-state index is 0.911. The number of rotatable bonds is 4. The van der Waals surface area contributed by atoms with Crippen LogP contribution in [0.2, 0.25) is 0 Å². The third-order valence-electron chi connectivity index (χ3n) is 8.61. The summed E-state index contributed by atoms with van der Waals surface area (Å²) in [6.45, 7) is 0. The van der Waals surface area contributed by atoms with Crippen LogP contribution in [0, 0.1) is 0 Å². The molecule has 0 aliphatic heterocycles.